The van der Waals surface area contributed by atoms with Gasteiger partial charge in [-0.1, -0.05) is 140 Å². The van der Waals surface area contributed by atoms with Gasteiger partial charge in [0.25, 0.3) is 0 Å². The molecule has 0 fully saturated rings. The topological polar surface area (TPSA) is 12.9 Å². The van der Waals surface area contributed by atoms with Gasteiger partial charge in [0.15, 0.2) is 0 Å². The standard InChI is InChI=1S/C47H30N.Ir/c1-3-19-40-32(11-1)13-9-21-42(40)37-25-24-34-26-27-44(43-22-10-14-33-12-2-4-20-41(33)43)47(45(34)31-37)39-18-8-16-36(30-39)35-15-7-17-38(29-35)46-23-5-6-28-48-46;/h1-16,18-31H;/q-1;. The van der Waals surface area contributed by atoms with Gasteiger partial charge in [0.2, 0.25) is 0 Å². The Morgan fingerprint density at radius 3 is 1.82 bits per heavy atom. The van der Waals surface area contributed by atoms with Crippen LogP contribution in [0.1, 0.15) is 0 Å². The quantitative estimate of drug-likeness (QED) is 0.158. The monoisotopic (exact) mass is 801 g/mol. The summed E-state index contributed by atoms with van der Waals surface area (Å²) in [5, 5.41) is 7.45. The Morgan fingerprint density at radius 2 is 1.02 bits per heavy atom. The number of aromatic nitrogens is 1. The normalized spacial score (nSPS) is 11.1. The summed E-state index contributed by atoms with van der Waals surface area (Å²) in [6.45, 7) is 0. The van der Waals surface area contributed by atoms with Crippen LogP contribution in [-0.2, 0) is 20.1 Å². The number of rotatable bonds is 5. The maximum atomic E-state index is 4.57. The number of pyridine rings is 1. The maximum Gasteiger partial charge on any atom is 0.0160 e. The Hall–Kier alpha value is -5.66. The minimum Gasteiger partial charge on any atom is -0.305 e. The molecule has 0 spiro atoms. The summed E-state index contributed by atoms with van der Waals surface area (Å²) in [6.07, 6.45) is 1.83. The van der Waals surface area contributed by atoms with E-state index in [9.17, 15) is 0 Å². The van der Waals surface area contributed by atoms with Gasteiger partial charge >= 0.3 is 0 Å². The summed E-state index contributed by atoms with van der Waals surface area (Å²) in [6, 6.07) is 66.8. The van der Waals surface area contributed by atoms with E-state index in [0.29, 0.717) is 0 Å². The molecule has 49 heavy (non-hydrogen) atoms. The van der Waals surface area contributed by atoms with Crippen molar-refractivity contribution in [1.82, 2.24) is 4.98 Å². The van der Waals surface area contributed by atoms with E-state index in [1.807, 2.05) is 30.5 Å². The third-order valence-corrected chi connectivity index (χ3v) is 9.43. The van der Waals surface area contributed by atoms with Crippen LogP contribution in [0.15, 0.2) is 182 Å². The molecule has 0 bridgehead atoms. The molecule has 0 N–H and O–H groups in total. The van der Waals surface area contributed by atoms with Crippen molar-refractivity contribution in [1.29, 1.82) is 0 Å². The summed E-state index contributed by atoms with van der Waals surface area (Å²) in [5.74, 6) is 0. The van der Waals surface area contributed by atoms with Crippen molar-refractivity contribution in [3.05, 3.63) is 188 Å². The van der Waals surface area contributed by atoms with Gasteiger partial charge in [-0.05, 0) is 95.2 Å². The Bertz CT molecular complexity index is 2610. The van der Waals surface area contributed by atoms with Crippen LogP contribution in [0.3, 0.4) is 0 Å². The first-order valence-corrected chi connectivity index (χ1v) is 16.4. The molecule has 233 valence electrons. The van der Waals surface area contributed by atoms with Crippen LogP contribution < -0.4 is 0 Å². The number of hydrogen-bond acceptors (Lipinski definition) is 1. The van der Waals surface area contributed by atoms with E-state index in [1.54, 1.807) is 0 Å². The minimum absolute atomic E-state index is 0. The zero-order valence-electron chi connectivity index (χ0n) is 26.6. The molecule has 0 aliphatic carbocycles. The van der Waals surface area contributed by atoms with Gasteiger partial charge < -0.3 is 4.98 Å². The van der Waals surface area contributed by atoms with Crippen molar-refractivity contribution >= 4 is 32.3 Å². The van der Waals surface area contributed by atoms with Crippen molar-refractivity contribution in [2.75, 3.05) is 0 Å². The average Bonchev–Trinajstić information content (AvgIpc) is 3.17. The fourth-order valence-corrected chi connectivity index (χ4v) is 7.13. The smallest absolute Gasteiger partial charge is 0.0160 e. The molecule has 0 saturated carbocycles. The third kappa shape index (κ3) is 5.66. The Labute approximate surface area is 299 Å². The molecule has 8 aromatic carbocycles. The molecule has 0 amide bonds. The maximum absolute atomic E-state index is 4.57. The van der Waals surface area contributed by atoms with Crippen LogP contribution in [0.2, 0.25) is 0 Å². The second-order valence-corrected chi connectivity index (χ2v) is 12.3. The third-order valence-electron chi connectivity index (χ3n) is 9.43. The van der Waals surface area contributed by atoms with Crippen LogP contribution in [0, 0.1) is 6.07 Å². The SMILES string of the molecule is [Ir].[c-]1ccc(-c2cccc(-c3c(-c4cccc5ccccc45)ccc4ccc(-c5cccc6ccccc56)cc34)c2)cc1-c1ccccn1. The molecule has 1 aromatic heterocycles. The first kappa shape index (κ1) is 30.7. The largest absolute Gasteiger partial charge is 0.305 e. The second kappa shape index (κ2) is 13.1. The van der Waals surface area contributed by atoms with E-state index in [2.05, 4.69) is 163 Å². The molecular weight excluding hydrogens is 771 g/mol. The Kier molecular flexibility index (Phi) is 8.19. The zero-order chi connectivity index (χ0) is 31.9. The molecule has 0 saturated heterocycles. The van der Waals surface area contributed by atoms with Gasteiger partial charge in [-0.15, -0.1) is 35.4 Å². The molecule has 0 aliphatic rings. The Morgan fingerprint density at radius 1 is 0.388 bits per heavy atom. The van der Waals surface area contributed by atoms with Crippen LogP contribution in [0.25, 0.3) is 88.1 Å². The van der Waals surface area contributed by atoms with Gasteiger partial charge in [-0.3, -0.25) is 0 Å². The molecule has 1 heterocycles. The van der Waals surface area contributed by atoms with E-state index in [0.717, 1.165) is 22.4 Å². The molecular formula is C47H30IrN-. The van der Waals surface area contributed by atoms with Crippen LogP contribution in [0.5, 0.6) is 0 Å². The first-order valence-electron chi connectivity index (χ1n) is 16.4. The molecule has 1 nitrogen and oxygen atoms in total. The average molecular weight is 801 g/mol. The molecule has 9 rings (SSSR count). The number of fused-ring (bicyclic) bond motifs is 3. The summed E-state index contributed by atoms with van der Waals surface area (Å²) in [7, 11) is 0. The van der Waals surface area contributed by atoms with Crippen molar-refractivity contribution in [2.24, 2.45) is 0 Å². The second-order valence-electron chi connectivity index (χ2n) is 12.3. The van der Waals surface area contributed by atoms with Crippen molar-refractivity contribution in [2.45, 2.75) is 0 Å². The van der Waals surface area contributed by atoms with Gasteiger partial charge in [0.1, 0.15) is 0 Å². The molecule has 2 heteroatoms. The molecule has 0 atom stereocenters. The van der Waals surface area contributed by atoms with Crippen molar-refractivity contribution in [3.8, 4) is 55.8 Å². The predicted molar refractivity (Wildman–Crippen MR) is 203 cm³/mol. The number of nitrogens with zero attached hydrogens (tertiary/aromatic N) is 1. The fraction of sp³-hybridized carbons (Fsp3) is 0. The number of benzene rings is 8. The first-order chi connectivity index (χ1) is 23.8. The van der Waals surface area contributed by atoms with E-state index < -0.39 is 0 Å². The van der Waals surface area contributed by atoms with E-state index in [4.69, 9.17) is 0 Å². The van der Waals surface area contributed by atoms with Crippen molar-refractivity contribution < 1.29 is 20.1 Å². The van der Waals surface area contributed by atoms with Gasteiger partial charge in [-0.2, -0.15) is 0 Å². The fourth-order valence-electron chi connectivity index (χ4n) is 7.13. The van der Waals surface area contributed by atoms with Crippen LogP contribution >= 0.6 is 0 Å². The van der Waals surface area contributed by atoms with Gasteiger partial charge in [0, 0.05) is 26.3 Å². The van der Waals surface area contributed by atoms with Crippen LogP contribution in [0.4, 0.5) is 0 Å². The number of hydrogen-bond donors (Lipinski definition) is 0. The summed E-state index contributed by atoms with van der Waals surface area (Å²) >= 11 is 0. The predicted octanol–water partition coefficient (Wildman–Crippen LogP) is 12.7. The molecule has 0 unspecified atom stereocenters. The minimum atomic E-state index is 0. The Balaban J connectivity index is 0.00000348. The summed E-state index contributed by atoms with van der Waals surface area (Å²) in [5.41, 5.74) is 11.5. The summed E-state index contributed by atoms with van der Waals surface area (Å²) in [4.78, 5) is 4.57. The molecule has 9 aromatic rings. The zero-order valence-corrected chi connectivity index (χ0v) is 29.0. The summed E-state index contributed by atoms with van der Waals surface area (Å²) < 4.78 is 0. The van der Waals surface area contributed by atoms with E-state index >= 15 is 0 Å². The van der Waals surface area contributed by atoms with E-state index in [-0.39, 0.29) is 20.1 Å². The van der Waals surface area contributed by atoms with Crippen molar-refractivity contribution in [3.63, 3.8) is 0 Å². The van der Waals surface area contributed by atoms with Gasteiger partial charge in [0.05, 0.1) is 0 Å². The van der Waals surface area contributed by atoms with Gasteiger partial charge in [-0.25, -0.2) is 0 Å². The van der Waals surface area contributed by atoms with Crippen LogP contribution in [-0.4, -0.2) is 4.98 Å². The molecule has 1 radical (unpaired) electrons. The van der Waals surface area contributed by atoms with E-state index in [1.165, 1.54) is 65.7 Å². The molecule has 0 aliphatic heterocycles.